The van der Waals surface area contributed by atoms with Gasteiger partial charge in [0.2, 0.25) is 5.91 Å². The number of hydrogen-bond acceptors (Lipinski definition) is 5. The molecule has 168 valence electrons. The molecule has 0 bridgehead atoms. The molecule has 2 aromatic carbocycles. The first-order valence-electron chi connectivity index (χ1n) is 11.0. The smallest absolute Gasteiger partial charge is 0.317 e. The summed E-state index contributed by atoms with van der Waals surface area (Å²) < 4.78 is 8.09. The first-order chi connectivity index (χ1) is 15.6. The van der Waals surface area contributed by atoms with Crippen molar-refractivity contribution in [3.8, 4) is 0 Å². The summed E-state index contributed by atoms with van der Waals surface area (Å²) in [6.07, 6.45) is 0.820. The van der Waals surface area contributed by atoms with Gasteiger partial charge in [-0.1, -0.05) is 42.5 Å². The van der Waals surface area contributed by atoms with Gasteiger partial charge in [-0.2, -0.15) is 0 Å². The number of hydrogen-bond donors (Lipinski definition) is 1. The van der Waals surface area contributed by atoms with Gasteiger partial charge in [0.05, 0.1) is 30.8 Å². The Morgan fingerprint density at radius 3 is 2.22 bits per heavy atom. The van der Waals surface area contributed by atoms with E-state index in [2.05, 4.69) is 10.2 Å². The Balaban J connectivity index is 1.48. The van der Waals surface area contributed by atoms with Crippen LogP contribution in [-0.2, 0) is 22.6 Å². The van der Waals surface area contributed by atoms with E-state index in [0.717, 1.165) is 44.8 Å². The highest BCUT2D eigenvalue weighted by Gasteiger charge is 2.16. The molecule has 0 radical (unpaired) electrons. The Labute approximate surface area is 186 Å². The number of carbonyl (C=O) groups excluding carboxylic acids is 1. The third kappa shape index (κ3) is 5.15. The van der Waals surface area contributed by atoms with Crippen LogP contribution in [0.25, 0.3) is 11.0 Å². The normalized spacial score (nSPS) is 14.5. The molecule has 8 heteroatoms. The van der Waals surface area contributed by atoms with Gasteiger partial charge >= 0.3 is 11.1 Å². The molecule has 1 N–H and O–H groups in total. The Morgan fingerprint density at radius 1 is 0.875 bits per heavy atom. The summed E-state index contributed by atoms with van der Waals surface area (Å²) in [6, 6.07) is 16.7. The van der Waals surface area contributed by atoms with E-state index in [1.54, 1.807) is 18.2 Å². The molecule has 1 saturated heterocycles. The summed E-state index contributed by atoms with van der Waals surface area (Å²) in [7, 11) is 0. The average molecular weight is 437 g/mol. The molecule has 2 heterocycles. The number of carbonyl (C=O) groups is 1. The molecule has 0 aliphatic carbocycles. The number of ether oxygens (including phenoxy) is 1. The number of rotatable bonds is 8. The SMILES string of the molecule is O=C(Cn1c(=O)c(=O)n(Cc2ccccc2)c2ccccc21)NCCCN1CCOCC1. The zero-order valence-electron chi connectivity index (χ0n) is 18.0. The van der Waals surface area contributed by atoms with Crippen molar-refractivity contribution in [1.29, 1.82) is 0 Å². The number of para-hydroxylation sites is 2. The lowest BCUT2D eigenvalue weighted by atomic mass is 10.2. The third-order valence-corrected chi connectivity index (χ3v) is 5.70. The van der Waals surface area contributed by atoms with Crippen LogP contribution >= 0.6 is 0 Å². The minimum Gasteiger partial charge on any atom is -0.379 e. The van der Waals surface area contributed by atoms with Crippen molar-refractivity contribution in [2.45, 2.75) is 19.5 Å². The van der Waals surface area contributed by atoms with E-state index in [4.69, 9.17) is 4.74 Å². The summed E-state index contributed by atoms with van der Waals surface area (Å²) in [6.45, 7) is 4.85. The van der Waals surface area contributed by atoms with Crippen molar-refractivity contribution < 1.29 is 9.53 Å². The van der Waals surface area contributed by atoms with E-state index in [1.807, 2.05) is 36.4 Å². The minimum atomic E-state index is -0.692. The second kappa shape index (κ2) is 10.4. The lowest BCUT2D eigenvalue weighted by Crippen LogP contribution is -2.44. The maximum Gasteiger partial charge on any atom is 0.317 e. The molecule has 1 aromatic heterocycles. The topological polar surface area (TPSA) is 85.6 Å². The van der Waals surface area contributed by atoms with Gasteiger partial charge in [0.15, 0.2) is 0 Å². The minimum absolute atomic E-state index is 0.182. The Bertz CT molecular complexity index is 1180. The Hall–Kier alpha value is -3.23. The second-order valence-corrected chi connectivity index (χ2v) is 7.91. The number of nitrogens with zero attached hydrogens (tertiary/aromatic N) is 3. The predicted octanol–water partition coefficient (Wildman–Crippen LogP) is 1.05. The zero-order valence-corrected chi connectivity index (χ0v) is 18.0. The van der Waals surface area contributed by atoms with Gasteiger partial charge in [-0.25, -0.2) is 0 Å². The standard InChI is InChI=1S/C24H28N4O4/c29-22(25-11-6-12-26-13-15-32-16-14-26)18-28-21-10-5-4-9-20(21)27(23(30)24(28)31)17-19-7-2-1-3-8-19/h1-5,7-10H,6,11-18H2,(H,25,29). The van der Waals surface area contributed by atoms with Crippen molar-refractivity contribution in [2.75, 3.05) is 39.4 Å². The van der Waals surface area contributed by atoms with Crippen LogP contribution in [0.5, 0.6) is 0 Å². The van der Waals surface area contributed by atoms with Crippen molar-refractivity contribution >= 4 is 16.9 Å². The maximum absolute atomic E-state index is 12.9. The van der Waals surface area contributed by atoms with E-state index in [9.17, 15) is 14.4 Å². The van der Waals surface area contributed by atoms with E-state index in [0.29, 0.717) is 24.1 Å². The number of benzene rings is 2. The van der Waals surface area contributed by atoms with Crippen LogP contribution in [0.15, 0.2) is 64.2 Å². The van der Waals surface area contributed by atoms with Gasteiger partial charge in [-0.05, 0) is 30.7 Å². The van der Waals surface area contributed by atoms with Gasteiger partial charge in [0.1, 0.15) is 6.54 Å². The van der Waals surface area contributed by atoms with Crippen LogP contribution in [0.1, 0.15) is 12.0 Å². The molecule has 32 heavy (non-hydrogen) atoms. The fourth-order valence-corrected chi connectivity index (χ4v) is 4.01. The highest BCUT2D eigenvalue weighted by atomic mass is 16.5. The fourth-order valence-electron chi connectivity index (χ4n) is 4.01. The van der Waals surface area contributed by atoms with Crippen LogP contribution in [0.4, 0.5) is 0 Å². The molecular formula is C24H28N4O4. The molecule has 1 amide bonds. The van der Waals surface area contributed by atoms with Crippen molar-refractivity contribution in [3.05, 3.63) is 80.9 Å². The van der Waals surface area contributed by atoms with Crippen LogP contribution < -0.4 is 16.4 Å². The molecule has 1 fully saturated rings. The predicted molar refractivity (Wildman–Crippen MR) is 123 cm³/mol. The van der Waals surface area contributed by atoms with E-state index in [-0.39, 0.29) is 12.5 Å². The molecule has 8 nitrogen and oxygen atoms in total. The third-order valence-electron chi connectivity index (χ3n) is 5.70. The van der Waals surface area contributed by atoms with Gasteiger partial charge in [0.25, 0.3) is 0 Å². The largest absolute Gasteiger partial charge is 0.379 e. The van der Waals surface area contributed by atoms with Crippen molar-refractivity contribution in [2.24, 2.45) is 0 Å². The van der Waals surface area contributed by atoms with E-state index in [1.165, 1.54) is 9.13 Å². The zero-order chi connectivity index (χ0) is 22.3. The molecule has 0 saturated carbocycles. The second-order valence-electron chi connectivity index (χ2n) is 7.91. The summed E-state index contributed by atoms with van der Waals surface area (Å²) >= 11 is 0. The lowest BCUT2D eigenvalue weighted by Gasteiger charge is -2.26. The van der Waals surface area contributed by atoms with Crippen molar-refractivity contribution in [3.63, 3.8) is 0 Å². The van der Waals surface area contributed by atoms with Crippen LogP contribution in [0.2, 0.25) is 0 Å². The van der Waals surface area contributed by atoms with Crippen LogP contribution in [0, 0.1) is 0 Å². The first kappa shape index (κ1) is 22.0. The molecule has 0 unspecified atom stereocenters. The summed E-state index contributed by atoms with van der Waals surface area (Å²) in [5, 5.41) is 2.87. The highest BCUT2D eigenvalue weighted by Crippen LogP contribution is 2.12. The van der Waals surface area contributed by atoms with Gasteiger partial charge in [-0.15, -0.1) is 0 Å². The van der Waals surface area contributed by atoms with Gasteiger partial charge in [0, 0.05) is 19.6 Å². The molecule has 0 spiro atoms. The fraction of sp³-hybridized carbons (Fsp3) is 0.375. The van der Waals surface area contributed by atoms with E-state index < -0.39 is 11.1 Å². The number of fused-ring (bicyclic) bond motifs is 1. The first-order valence-corrected chi connectivity index (χ1v) is 11.0. The molecular weight excluding hydrogens is 408 g/mol. The van der Waals surface area contributed by atoms with Gasteiger partial charge < -0.3 is 10.1 Å². The van der Waals surface area contributed by atoms with E-state index >= 15 is 0 Å². The molecule has 1 aliphatic heterocycles. The highest BCUT2D eigenvalue weighted by molar-refractivity contribution is 5.80. The molecule has 1 aliphatic rings. The quantitative estimate of drug-likeness (QED) is 0.422. The monoisotopic (exact) mass is 436 g/mol. The van der Waals surface area contributed by atoms with Crippen LogP contribution in [-0.4, -0.2) is 59.3 Å². The molecule has 3 aromatic rings. The number of morpholine rings is 1. The summed E-state index contributed by atoms with van der Waals surface area (Å²) in [4.78, 5) is 40.6. The van der Waals surface area contributed by atoms with Crippen LogP contribution in [0.3, 0.4) is 0 Å². The Kier molecular flexibility index (Phi) is 7.14. The Morgan fingerprint density at radius 2 is 1.50 bits per heavy atom. The average Bonchev–Trinajstić information content (AvgIpc) is 2.83. The van der Waals surface area contributed by atoms with Crippen molar-refractivity contribution in [1.82, 2.24) is 19.4 Å². The molecule has 0 atom stereocenters. The number of aromatic nitrogens is 2. The summed E-state index contributed by atoms with van der Waals surface area (Å²) in [5.74, 6) is -0.278. The van der Waals surface area contributed by atoms with Gasteiger partial charge in [-0.3, -0.25) is 28.4 Å². The molecule has 4 rings (SSSR count). The lowest BCUT2D eigenvalue weighted by molar-refractivity contribution is -0.121. The number of nitrogens with one attached hydrogen (secondary N) is 1. The maximum atomic E-state index is 12.9. The summed E-state index contributed by atoms with van der Waals surface area (Å²) in [5.41, 5.74) is 0.795. The number of amides is 1.